The molecule has 0 aliphatic carbocycles. The number of aromatic carboxylic acids is 1. The van der Waals surface area contributed by atoms with Gasteiger partial charge >= 0.3 is 5.97 Å². The third-order valence-electron chi connectivity index (χ3n) is 3.45. The Morgan fingerprint density at radius 3 is 2.86 bits per heavy atom. The normalized spacial score (nSPS) is 11.9. The van der Waals surface area contributed by atoms with Gasteiger partial charge in [-0.15, -0.1) is 0 Å². The molecule has 0 saturated heterocycles. The number of hydrogen-bond acceptors (Lipinski definition) is 4. The van der Waals surface area contributed by atoms with E-state index in [4.69, 9.17) is 9.84 Å². The Morgan fingerprint density at radius 2 is 2.14 bits per heavy atom. The van der Waals surface area contributed by atoms with Gasteiger partial charge in [0.2, 0.25) is 0 Å². The van der Waals surface area contributed by atoms with Gasteiger partial charge in [-0.3, -0.25) is 0 Å². The summed E-state index contributed by atoms with van der Waals surface area (Å²) >= 11 is 0. The number of carbonyl (C=O) groups is 1. The zero-order valence-electron chi connectivity index (χ0n) is 12.1. The maximum absolute atomic E-state index is 11.1. The summed E-state index contributed by atoms with van der Waals surface area (Å²) in [6.07, 6.45) is 3.62. The van der Waals surface area contributed by atoms with Crippen LogP contribution in [0.3, 0.4) is 0 Å². The second-order valence-corrected chi connectivity index (χ2v) is 4.82. The number of hydrogen-bond donors (Lipinski definition) is 1. The first kappa shape index (κ1) is 15.0. The molecule has 0 aliphatic rings. The lowest BCUT2D eigenvalue weighted by Crippen LogP contribution is -2.09. The highest BCUT2D eigenvalue weighted by Crippen LogP contribution is 2.28. The summed E-state index contributed by atoms with van der Waals surface area (Å²) in [7, 11) is 0. The van der Waals surface area contributed by atoms with E-state index < -0.39 is 5.97 Å². The Labute approximate surface area is 123 Å². The lowest BCUT2D eigenvalue weighted by Gasteiger charge is -2.15. The van der Waals surface area contributed by atoms with E-state index in [0.29, 0.717) is 11.6 Å². The molecule has 0 bridgehead atoms. The summed E-state index contributed by atoms with van der Waals surface area (Å²) in [4.78, 5) is 18.8. The van der Waals surface area contributed by atoms with Crippen LogP contribution in [0.4, 0.5) is 0 Å². The first-order valence-electron chi connectivity index (χ1n) is 6.87. The molecule has 0 radical (unpaired) electrons. The van der Waals surface area contributed by atoms with Crippen molar-refractivity contribution < 1.29 is 14.6 Å². The second-order valence-electron chi connectivity index (χ2n) is 4.82. The van der Waals surface area contributed by atoms with Crippen LogP contribution in [-0.4, -0.2) is 21.0 Å². The van der Waals surface area contributed by atoms with Crippen LogP contribution < -0.4 is 4.74 Å². The highest BCUT2D eigenvalue weighted by atomic mass is 16.5. The molecular weight excluding hydrogens is 268 g/mol. The van der Waals surface area contributed by atoms with Crippen molar-refractivity contribution in [1.29, 1.82) is 0 Å². The van der Waals surface area contributed by atoms with E-state index >= 15 is 0 Å². The molecule has 0 aliphatic heterocycles. The number of carboxylic acid groups (broad SMARTS) is 1. The number of nitrogens with zero attached hydrogens (tertiary/aromatic N) is 2. The Morgan fingerprint density at radius 1 is 1.38 bits per heavy atom. The van der Waals surface area contributed by atoms with Gasteiger partial charge < -0.3 is 9.84 Å². The first-order valence-corrected chi connectivity index (χ1v) is 6.87. The molecule has 21 heavy (non-hydrogen) atoms. The molecule has 2 rings (SSSR count). The molecule has 1 aromatic heterocycles. The Bertz CT molecular complexity index is 628. The van der Waals surface area contributed by atoms with Crippen LogP contribution in [0.25, 0.3) is 0 Å². The average molecular weight is 286 g/mol. The largest absolute Gasteiger partial charge is 0.487 e. The summed E-state index contributed by atoms with van der Waals surface area (Å²) in [5.41, 5.74) is 1.56. The van der Waals surface area contributed by atoms with Crippen LogP contribution >= 0.6 is 0 Å². The van der Waals surface area contributed by atoms with Gasteiger partial charge in [-0.05, 0) is 24.0 Å². The topological polar surface area (TPSA) is 72.3 Å². The van der Waals surface area contributed by atoms with Crippen molar-refractivity contribution in [3.8, 4) is 5.75 Å². The van der Waals surface area contributed by atoms with E-state index in [1.54, 1.807) is 0 Å². The molecule has 0 spiro atoms. The number of aromatic nitrogens is 2. The highest BCUT2D eigenvalue weighted by Gasteiger charge is 2.14. The van der Waals surface area contributed by atoms with Gasteiger partial charge in [-0.1, -0.05) is 32.0 Å². The van der Waals surface area contributed by atoms with Crippen molar-refractivity contribution in [3.05, 3.63) is 53.6 Å². The molecule has 1 heterocycles. The van der Waals surface area contributed by atoms with Crippen molar-refractivity contribution in [2.75, 3.05) is 0 Å². The average Bonchev–Trinajstić information content (AvgIpc) is 2.52. The van der Waals surface area contributed by atoms with Crippen molar-refractivity contribution in [2.45, 2.75) is 32.8 Å². The molecule has 2 aromatic rings. The fourth-order valence-electron chi connectivity index (χ4n) is 2.03. The fourth-order valence-corrected chi connectivity index (χ4v) is 2.03. The zero-order valence-corrected chi connectivity index (χ0v) is 12.1. The van der Waals surface area contributed by atoms with E-state index in [2.05, 4.69) is 23.8 Å². The van der Waals surface area contributed by atoms with Gasteiger partial charge in [0.15, 0.2) is 0 Å². The number of benzene rings is 1. The minimum absolute atomic E-state index is 0.0681. The molecule has 1 aromatic carbocycles. The fraction of sp³-hybridized carbons (Fsp3) is 0.312. The monoisotopic (exact) mass is 286 g/mol. The number of ether oxygens (including phenoxy) is 1. The standard InChI is InChI=1S/C16H18N2O3/c1-3-11(2)12-6-4-5-7-15(12)21-9-14-13(16(19)20)8-17-10-18-14/h4-8,10-11H,3,9H2,1-2H3,(H,19,20). The van der Waals surface area contributed by atoms with Crippen LogP contribution in [0, 0.1) is 0 Å². The molecular formula is C16H18N2O3. The maximum atomic E-state index is 11.1. The van der Waals surface area contributed by atoms with Gasteiger partial charge in [0, 0.05) is 6.20 Å². The van der Waals surface area contributed by atoms with E-state index in [-0.39, 0.29) is 12.2 Å². The lowest BCUT2D eigenvalue weighted by atomic mass is 9.98. The highest BCUT2D eigenvalue weighted by molar-refractivity contribution is 5.88. The predicted octanol–water partition coefficient (Wildman–Crippen LogP) is 3.27. The summed E-state index contributed by atoms with van der Waals surface area (Å²) in [5, 5.41) is 9.11. The van der Waals surface area contributed by atoms with E-state index in [0.717, 1.165) is 17.7 Å². The quantitative estimate of drug-likeness (QED) is 0.882. The molecule has 0 saturated carbocycles. The third-order valence-corrected chi connectivity index (χ3v) is 3.45. The third kappa shape index (κ3) is 3.56. The predicted molar refractivity (Wildman–Crippen MR) is 78.5 cm³/mol. The number of carboxylic acids is 1. The van der Waals surface area contributed by atoms with Gasteiger partial charge in [-0.25, -0.2) is 14.8 Å². The maximum Gasteiger partial charge on any atom is 0.339 e. The van der Waals surface area contributed by atoms with Crippen molar-refractivity contribution in [2.24, 2.45) is 0 Å². The first-order chi connectivity index (χ1) is 10.1. The number of rotatable bonds is 6. The Balaban J connectivity index is 2.19. The van der Waals surface area contributed by atoms with Gasteiger partial charge in [0.1, 0.15) is 24.2 Å². The van der Waals surface area contributed by atoms with Crippen molar-refractivity contribution in [3.63, 3.8) is 0 Å². The zero-order chi connectivity index (χ0) is 15.2. The summed E-state index contributed by atoms with van der Waals surface area (Å²) in [5.74, 6) is 0.0942. The Hall–Kier alpha value is -2.43. The molecule has 0 fully saturated rings. The van der Waals surface area contributed by atoms with E-state index in [1.807, 2.05) is 24.3 Å². The van der Waals surface area contributed by atoms with Gasteiger partial charge in [-0.2, -0.15) is 0 Å². The van der Waals surface area contributed by atoms with Gasteiger partial charge in [0.05, 0.1) is 5.69 Å². The van der Waals surface area contributed by atoms with Crippen LogP contribution in [-0.2, 0) is 6.61 Å². The minimum atomic E-state index is -1.05. The molecule has 5 nitrogen and oxygen atoms in total. The summed E-state index contributed by atoms with van der Waals surface area (Å²) < 4.78 is 5.78. The van der Waals surface area contributed by atoms with Gasteiger partial charge in [0.25, 0.3) is 0 Å². The van der Waals surface area contributed by atoms with Crippen LogP contribution in [0.15, 0.2) is 36.8 Å². The van der Waals surface area contributed by atoms with E-state index in [9.17, 15) is 4.79 Å². The Kier molecular flexibility index (Phi) is 4.87. The molecule has 1 atom stereocenters. The molecule has 1 unspecified atom stereocenters. The molecule has 110 valence electrons. The molecule has 5 heteroatoms. The van der Waals surface area contributed by atoms with E-state index in [1.165, 1.54) is 12.5 Å². The van der Waals surface area contributed by atoms with Crippen molar-refractivity contribution in [1.82, 2.24) is 9.97 Å². The lowest BCUT2D eigenvalue weighted by molar-refractivity contribution is 0.0692. The number of para-hydroxylation sites is 1. The van der Waals surface area contributed by atoms with Crippen LogP contribution in [0.2, 0.25) is 0 Å². The van der Waals surface area contributed by atoms with Crippen LogP contribution in [0.1, 0.15) is 47.8 Å². The minimum Gasteiger partial charge on any atom is -0.487 e. The van der Waals surface area contributed by atoms with Crippen LogP contribution in [0.5, 0.6) is 5.75 Å². The summed E-state index contributed by atoms with van der Waals surface area (Å²) in [6, 6.07) is 7.80. The molecule has 0 amide bonds. The molecule has 1 N–H and O–H groups in total. The second kappa shape index (κ2) is 6.83. The van der Waals surface area contributed by atoms with Crippen molar-refractivity contribution >= 4 is 5.97 Å². The summed E-state index contributed by atoms with van der Waals surface area (Å²) in [6.45, 7) is 4.36. The smallest absolute Gasteiger partial charge is 0.339 e. The SMILES string of the molecule is CCC(C)c1ccccc1OCc1ncncc1C(=O)O.